The number of hydrogen-bond donors (Lipinski definition) is 1. The molecule has 3 heterocycles. The van der Waals surface area contributed by atoms with Crippen molar-refractivity contribution in [3.05, 3.63) is 48.3 Å². The second kappa shape index (κ2) is 5.77. The van der Waals surface area contributed by atoms with Crippen molar-refractivity contribution in [2.24, 2.45) is 0 Å². The summed E-state index contributed by atoms with van der Waals surface area (Å²) < 4.78 is 6.87. The van der Waals surface area contributed by atoms with E-state index in [1.54, 1.807) is 30.1 Å². The molecule has 0 unspecified atom stereocenters. The first-order valence-corrected chi connectivity index (χ1v) is 7.58. The van der Waals surface area contributed by atoms with Gasteiger partial charge in [-0.1, -0.05) is 0 Å². The van der Waals surface area contributed by atoms with Crippen LogP contribution in [0.1, 0.15) is 10.5 Å². The molecule has 0 saturated heterocycles. The summed E-state index contributed by atoms with van der Waals surface area (Å²) >= 11 is 0. The van der Waals surface area contributed by atoms with Crippen LogP contribution in [0.15, 0.2) is 42.6 Å². The number of methoxy groups -OCH3 is 1. The number of carbonyl (C=O) groups is 1. The monoisotopic (exact) mass is 321 g/mol. The van der Waals surface area contributed by atoms with Gasteiger partial charge in [0.25, 0.3) is 5.91 Å². The fourth-order valence-corrected chi connectivity index (χ4v) is 2.64. The molecule has 2 aromatic heterocycles. The molecule has 1 aliphatic heterocycles. The largest absolute Gasteiger partial charge is 0.497 e. The summed E-state index contributed by atoms with van der Waals surface area (Å²) in [5.74, 6) is 1.28. The molecule has 7 heteroatoms. The third-order valence-corrected chi connectivity index (χ3v) is 3.89. The van der Waals surface area contributed by atoms with Crippen LogP contribution in [-0.4, -0.2) is 39.3 Å². The summed E-state index contributed by atoms with van der Waals surface area (Å²) in [6.07, 6.45) is 1.69. The van der Waals surface area contributed by atoms with Gasteiger partial charge in [0.2, 0.25) is 0 Å². The van der Waals surface area contributed by atoms with Crippen molar-refractivity contribution < 1.29 is 9.53 Å². The van der Waals surface area contributed by atoms with Crippen LogP contribution in [0.3, 0.4) is 0 Å². The Morgan fingerprint density at radius 3 is 2.75 bits per heavy atom. The zero-order valence-electron chi connectivity index (χ0n) is 13.1. The number of rotatable bonds is 3. The van der Waals surface area contributed by atoms with Gasteiger partial charge in [-0.2, -0.15) is 5.10 Å². The molecule has 0 radical (unpaired) electrons. The van der Waals surface area contributed by atoms with E-state index in [9.17, 15) is 4.79 Å². The van der Waals surface area contributed by atoms with Gasteiger partial charge in [0.05, 0.1) is 19.3 Å². The number of carbonyl (C=O) groups excluding carboxylic acids is 1. The molecule has 1 N–H and O–H groups in total. The minimum absolute atomic E-state index is 0.107. The van der Waals surface area contributed by atoms with E-state index >= 15 is 0 Å². The van der Waals surface area contributed by atoms with E-state index in [1.165, 1.54) is 0 Å². The molecular weight excluding hydrogens is 306 g/mol. The zero-order valence-corrected chi connectivity index (χ0v) is 13.1. The molecule has 24 heavy (non-hydrogen) atoms. The average molecular weight is 321 g/mol. The lowest BCUT2D eigenvalue weighted by molar-refractivity contribution is 0.0924. The van der Waals surface area contributed by atoms with Gasteiger partial charge in [0.15, 0.2) is 5.82 Å². The first kappa shape index (κ1) is 14.4. The highest BCUT2D eigenvalue weighted by molar-refractivity contribution is 5.94. The predicted octanol–water partition coefficient (Wildman–Crippen LogP) is 1.76. The Labute approximate surface area is 138 Å². The molecule has 1 aliphatic rings. The fraction of sp³-hybridized carbons (Fsp3) is 0.176. The van der Waals surface area contributed by atoms with E-state index in [-0.39, 0.29) is 5.91 Å². The second-order valence-electron chi connectivity index (χ2n) is 5.39. The molecule has 3 aromatic rings. The van der Waals surface area contributed by atoms with Gasteiger partial charge in [-0.25, -0.2) is 9.97 Å². The van der Waals surface area contributed by atoms with Crippen molar-refractivity contribution in [1.29, 1.82) is 0 Å². The highest BCUT2D eigenvalue weighted by Crippen LogP contribution is 2.23. The number of nitrogens with one attached hydrogen (secondary N) is 1. The van der Waals surface area contributed by atoms with Crippen LogP contribution in [0.5, 0.6) is 5.75 Å². The number of ether oxygens (including phenoxy) is 1. The number of benzene rings is 1. The van der Waals surface area contributed by atoms with Crippen molar-refractivity contribution in [3.63, 3.8) is 0 Å². The first-order chi connectivity index (χ1) is 11.7. The minimum atomic E-state index is -0.107. The van der Waals surface area contributed by atoms with Crippen LogP contribution in [0.2, 0.25) is 0 Å². The van der Waals surface area contributed by atoms with Crippen LogP contribution in [-0.2, 0) is 6.54 Å². The maximum atomic E-state index is 11.9. The molecule has 0 bridgehead atoms. The van der Waals surface area contributed by atoms with Gasteiger partial charge >= 0.3 is 0 Å². The summed E-state index contributed by atoms with van der Waals surface area (Å²) in [7, 11) is 1.63. The third kappa shape index (κ3) is 2.50. The van der Waals surface area contributed by atoms with Crippen LogP contribution in [0.4, 0.5) is 0 Å². The molecule has 1 aromatic carbocycles. The lowest BCUT2D eigenvalue weighted by Gasteiger charge is -2.13. The lowest BCUT2D eigenvalue weighted by atomic mass is 10.2. The highest BCUT2D eigenvalue weighted by atomic mass is 16.5. The number of amides is 1. The van der Waals surface area contributed by atoms with Gasteiger partial charge < -0.3 is 10.1 Å². The summed E-state index contributed by atoms with van der Waals surface area (Å²) in [4.78, 5) is 20.8. The van der Waals surface area contributed by atoms with E-state index < -0.39 is 0 Å². The SMILES string of the molecule is COc1ccc(-c2nccc(-c3cc4n(n3)CCNC4=O)n2)cc1. The molecule has 7 nitrogen and oxygen atoms in total. The maximum Gasteiger partial charge on any atom is 0.269 e. The van der Waals surface area contributed by atoms with Crippen molar-refractivity contribution >= 4 is 5.91 Å². The topological polar surface area (TPSA) is 81.9 Å². The molecule has 0 fully saturated rings. The molecule has 4 rings (SSSR count). The summed E-state index contributed by atoms with van der Waals surface area (Å²) in [6, 6.07) is 11.1. The Kier molecular flexibility index (Phi) is 3.45. The van der Waals surface area contributed by atoms with Gasteiger partial charge in [-0.05, 0) is 36.4 Å². The van der Waals surface area contributed by atoms with Crippen molar-refractivity contribution in [3.8, 4) is 28.5 Å². The van der Waals surface area contributed by atoms with Gasteiger partial charge in [-0.3, -0.25) is 9.48 Å². The van der Waals surface area contributed by atoms with E-state index in [4.69, 9.17) is 4.74 Å². The minimum Gasteiger partial charge on any atom is -0.497 e. The smallest absolute Gasteiger partial charge is 0.269 e. The van der Waals surface area contributed by atoms with Crippen LogP contribution in [0, 0.1) is 0 Å². The molecule has 120 valence electrons. The van der Waals surface area contributed by atoms with E-state index in [1.807, 2.05) is 24.3 Å². The van der Waals surface area contributed by atoms with Crippen LogP contribution < -0.4 is 10.1 Å². The predicted molar refractivity (Wildman–Crippen MR) is 87.6 cm³/mol. The Balaban J connectivity index is 1.71. The standard InChI is InChI=1S/C17H15N5O2/c1-24-12-4-2-11(3-5-12)16-18-7-6-13(20-16)14-10-15-17(23)19-8-9-22(15)21-14/h2-7,10H,8-9H2,1H3,(H,19,23). The number of fused-ring (bicyclic) bond motifs is 1. The normalized spacial score (nSPS) is 13.3. The number of aromatic nitrogens is 4. The third-order valence-electron chi connectivity index (χ3n) is 3.89. The Bertz CT molecular complexity index is 902. The average Bonchev–Trinajstić information content (AvgIpc) is 3.08. The first-order valence-electron chi connectivity index (χ1n) is 7.58. The van der Waals surface area contributed by atoms with E-state index in [0.29, 0.717) is 36.0 Å². The van der Waals surface area contributed by atoms with Crippen LogP contribution in [0.25, 0.3) is 22.8 Å². The molecule has 0 saturated carbocycles. The maximum absolute atomic E-state index is 11.9. The van der Waals surface area contributed by atoms with Crippen LogP contribution >= 0.6 is 0 Å². The fourth-order valence-electron chi connectivity index (χ4n) is 2.64. The van der Waals surface area contributed by atoms with Crippen molar-refractivity contribution in [2.45, 2.75) is 6.54 Å². The van der Waals surface area contributed by atoms with E-state index in [2.05, 4.69) is 20.4 Å². The van der Waals surface area contributed by atoms with Crippen molar-refractivity contribution in [2.75, 3.05) is 13.7 Å². The summed E-state index contributed by atoms with van der Waals surface area (Å²) in [6.45, 7) is 1.26. The second-order valence-corrected chi connectivity index (χ2v) is 5.39. The highest BCUT2D eigenvalue weighted by Gasteiger charge is 2.20. The Hall–Kier alpha value is -3.22. The number of nitrogens with zero attached hydrogens (tertiary/aromatic N) is 4. The molecule has 1 amide bonds. The van der Waals surface area contributed by atoms with E-state index in [0.717, 1.165) is 11.3 Å². The Morgan fingerprint density at radius 1 is 1.17 bits per heavy atom. The number of hydrogen-bond acceptors (Lipinski definition) is 5. The van der Waals surface area contributed by atoms with Crippen molar-refractivity contribution in [1.82, 2.24) is 25.1 Å². The molecule has 0 atom stereocenters. The van der Waals surface area contributed by atoms with Gasteiger partial charge in [0.1, 0.15) is 17.1 Å². The van der Waals surface area contributed by atoms with Gasteiger partial charge in [0, 0.05) is 18.3 Å². The van der Waals surface area contributed by atoms with Gasteiger partial charge in [-0.15, -0.1) is 0 Å². The quantitative estimate of drug-likeness (QED) is 0.795. The molecule has 0 spiro atoms. The molecule has 0 aliphatic carbocycles. The Morgan fingerprint density at radius 2 is 2.00 bits per heavy atom. The summed E-state index contributed by atoms with van der Waals surface area (Å²) in [5, 5.41) is 7.29. The lowest BCUT2D eigenvalue weighted by Crippen LogP contribution is -2.35. The zero-order chi connectivity index (χ0) is 16.5. The molecular formula is C17H15N5O2. The summed E-state index contributed by atoms with van der Waals surface area (Å²) in [5.41, 5.74) is 2.80.